The average molecular weight is 200 g/mol. The third-order valence-electron chi connectivity index (χ3n) is 1.76. The molecule has 0 spiro atoms. The van der Waals surface area contributed by atoms with Gasteiger partial charge >= 0.3 is 0 Å². The van der Waals surface area contributed by atoms with Crippen LogP contribution in [0.2, 0.25) is 0 Å². The lowest BCUT2D eigenvalue weighted by Gasteiger charge is -2.27. The Kier molecular flexibility index (Phi) is 3.27. The SMILES string of the molecule is CS(C)(C)c1ccnnc1CCO. The summed E-state index contributed by atoms with van der Waals surface area (Å²) < 4.78 is 0. The smallest absolute Gasteiger partial charge is 0.0774 e. The van der Waals surface area contributed by atoms with Crippen molar-refractivity contribution < 1.29 is 5.11 Å². The highest BCUT2D eigenvalue weighted by atomic mass is 32.3. The second-order valence-electron chi connectivity index (χ2n) is 3.65. The molecule has 1 rings (SSSR count). The molecule has 0 saturated carbocycles. The van der Waals surface area contributed by atoms with Crippen molar-refractivity contribution in [2.24, 2.45) is 0 Å². The lowest BCUT2D eigenvalue weighted by atomic mass is 10.3. The summed E-state index contributed by atoms with van der Waals surface area (Å²) in [6.07, 6.45) is 8.96. The molecular formula is C9H16N2OS. The first kappa shape index (κ1) is 10.5. The van der Waals surface area contributed by atoms with Crippen LogP contribution in [0, 0.1) is 0 Å². The molecular weight excluding hydrogens is 184 g/mol. The molecule has 0 saturated heterocycles. The van der Waals surface area contributed by atoms with E-state index in [2.05, 4.69) is 29.0 Å². The monoisotopic (exact) mass is 200 g/mol. The van der Waals surface area contributed by atoms with Gasteiger partial charge in [-0.2, -0.15) is 10.2 Å². The zero-order valence-electron chi connectivity index (χ0n) is 8.32. The molecule has 1 aromatic rings. The van der Waals surface area contributed by atoms with Gasteiger partial charge in [0.15, 0.2) is 0 Å². The Morgan fingerprint density at radius 2 is 2.08 bits per heavy atom. The Morgan fingerprint density at radius 3 is 2.62 bits per heavy atom. The average Bonchev–Trinajstić information content (AvgIpc) is 2.04. The fraction of sp³-hybridized carbons (Fsp3) is 0.556. The second kappa shape index (κ2) is 4.07. The van der Waals surface area contributed by atoms with E-state index in [1.54, 1.807) is 6.20 Å². The summed E-state index contributed by atoms with van der Waals surface area (Å²) in [7, 11) is -0.769. The number of rotatable bonds is 3. The first-order valence-corrected chi connectivity index (χ1v) is 7.01. The highest BCUT2D eigenvalue weighted by Crippen LogP contribution is 2.46. The van der Waals surface area contributed by atoms with Gasteiger partial charge in [0.2, 0.25) is 0 Å². The Balaban J connectivity index is 3.05. The zero-order valence-corrected chi connectivity index (χ0v) is 9.14. The Bertz CT molecular complexity index is 283. The van der Waals surface area contributed by atoms with Gasteiger partial charge < -0.3 is 5.11 Å². The second-order valence-corrected chi connectivity index (χ2v) is 7.77. The van der Waals surface area contributed by atoms with E-state index in [1.807, 2.05) is 6.07 Å². The Labute approximate surface area is 80.5 Å². The van der Waals surface area contributed by atoms with Crippen molar-refractivity contribution in [2.45, 2.75) is 11.3 Å². The summed E-state index contributed by atoms with van der Waals surface area (Å²) in [6, 6.07) is 2.01. The van der Waals surface area contributed by atoms with E-state index in [0.29, 0.717) is 6.42 Å². The van der Waals surface area contributed by atoms with Crippen molar-refractivity contribution >= 4 is 10.0 Å². The standard InChI is InChI=1S/C9H16N2OS/c1-13(2,3)9-4-6-10-11-8(9)5-7-12/h4,6,12H,5,7H2,1-3H3. The van der Waals surface area contributed by atoms with E-state index in [0.717, 1.165) is 5.69 Å². The maximum absolute atomic E-state index is 8.85. The minimum Gasteiger partial charge on any atom is -0.396 e. The van der Waals surface area contributed by atoms with E-state index >= 15 is 0 Å². The topological polar surface area (TPSA) is 46.0 Å². The first-order valence-electron chi connectivity index (χ1n) is 4.15. The molecule has 0 aliphatic heterocycles. The number of aliphatic hydroxyl groups excluding tert-OH is 1. The molecule has 3 nitrogen and oxygen atoms in total. The largest absolute Gasteiger partial charge is 0.396 e. The van der Waals surface area contributed by atoms with Gasteiger partial charge in [-0.15, -0.1) is 0 Å². The molecule has 0 aliphatic carbocycles. The van der Waals surface area contributed by atoms with Crippen molar-refractivity contribution in [1.29, 1.82) is 0 Å². The van der Waals surface area contributed by atoms with Crippen molar-refractivity contribution in [1.82, 2.24) is 10.2 Å². The normalized spacial score (nSPS) is 12.9. The highest BCUT2D eigenvalue weighted by Gasteiger charge is 2.13. The van der Waals surface area contributed by atoms with Gasteiger partial charge in [0.05, 0.1) is 11.9 Å². The molecule has 0 aliphatic rings. The van der Waals surface area contributed by atoms with E-state index in [9.17, 15) is 0 Å². The van der Waals surface area contributed by atoms with Crippen molar-refractivity contribution in [3.05, 3.63) is 18.0 Å². The van der Waals surface area contributed by atoms with Crippen LogP contribution in [0.5, 0.6) is 0 Å². The quantitative estimate of drug-likeness (QED) is 0.793. The van der Waals surface area contributed by atoms with Crippen LogP contribution in [0.25, 0.3) is 0 Å². The van der Waals surface area contributed by atoms with Crippen molar-refractivity contribution in [3.8, 4) is 0 Å². The molecule has 0 radical (unpaired) electrons. The van der Waals surface area contributed by atoms with Gasteiger partial charge in [-0.3, -0.25) is 0 Å². The lowest BCUT2D eigenvalue weighted by Crippen LogP contribution is -2.04. The minimum absolute atomic E-state index is 0.140. The van der Waals surface area contributed by atoms with Gasteiger partial charge in [-0.1, -0.05) is 0 Å². The summed E-state index contributed by atoms with van der Waals surface area (Å²) in [6.45, 7) is 0.140. The van der Waals surface area contributed by atoms with E-state index in [-0.39, 0.29) is 6.61 Å². The molecule has 0 unspecified atom stereocenters. The Morgan fingerprint density at radius 1 is 1.38 bits per heavy atom. The lowest BCUT2D eigenvalue weighted by molar-refractivity contribution is 0.296. The van der Waals surface area contributed by atoms with Gasteiger partial charge in [0, 0.05) is 17.9 Å². The van der Waals surface area contributed by atoms with Crippen LogP contribution >= 0.6 is 10.0 Å². The van der Waals surface area contributed by atoms with Crippen LogP contribution in [-0.2, 0) is 6.42 Å². The van der Waals surface area contributed by atoms with E-state index in [1.165, 1.54) is 4.90 Å². The maximum Gasteiger partial charge on any atom is 0.0774 e. The molecule has 1 heterocycles. The van der Waals surface area contributed by atoms with Gasteiger partial charge in [0.1, 0.15) is 0 Å². The molecule has 13 heavy (non-hydrogen) atoms. The Hall–Kier alpha value is -0.610. The third-order valence-corrected chi connectivity index (χ3v) is 3.45. The summed E-state index contributed by atoms with van der Waals surface area (Å²) in [4.78, 5) is 1.25. The van der Waals surface area contributed by atoms with Crippen LogP contribution in [0.1, 0.15) is 5.69 Å². The summed E-state index contributed by atoms with van der Waals surface area (Å²) >= 11 is 0. The minimum atomic E-state index is -0.769. The molecule has 1 aromatic heterocycles. The van der Waals surface area contributed by atoms with Gasteiger partial charge in [-0.25, -0.2) is 10.0 Å². The maximum atomic E-state index is 8.85. The number of aromatic nitrogens is 2. The summed E-state index contributed by atoms with van der Waals surface area (Å²) in [5.41, 5.74) is 0.938. The molecule has 74 valence electrons. The van der Waals surface area contributed by atoms with Crippen LogP contribution in [0.3, 0.4) is 0 Å². The fourth-order valence-corrected chi connectivity index (χ4v) is 2.51. The molecule has 4 heteroatoms. The van der Waals surface area contributed by atoms with Gasteiger partial charge in [-0.05, 0) is 24.8 Å². The predicted molar refractivity (Wildman–Crippen MR) is 56.5 cm³/mol. The van der Waals surface area contributed by atoms with E-state index in [4.69, 9.17) is 5.11 Å². The summed E-state index contributed by atoms with van der Waals surface area (Å²) in [5.74, 6) is 0. The third kappa shape index (κ3) is 2.67. The van der Waals surface area contributed by atoms with Crippen LogP contribution in [0.15, 0.2) is 17.2 Å². The van der Waals surface area contributed by atoms with Crippen LogP contribution in [0.4, 0.5) is 0 Å². The number of aliphatic hydroxyl groups is 1. The van der Waals surface area contributed by atoms with Crippen molar-refractivity contribution in [3.63, 3.8) is 0 Å². The molecule has 0 bridgehead atoms. The number of hydrogen-bond donors (Lipinski definition) is 1. The molecule has 1 N–H and O–H groups in total. The zero-order chi connectivity index (χ0) is 9.90. The molecule has 0 amide bonds. The van der Waals surface area contributed by atoms with Gasteiger partial charge in [0.25, 0.3) is 0 Å². The predicted octanol–water partition coefficient (Wildman–Crippen LogP) is 1.06. The van der Waals surface area contributed by atoms with E-state index < -0.39 is 10.0 Å². The highest BCUT2D eigenvalue weighted by molar-refractivity contribution is 8.32. The molecule has 0 aromatic carbocycles. The first-order chi connectivity index (χ1) is 6.05. The fourth-order valence-electron chi connectivity index (χ4n) is 1.19. The number of hydrogen-bond acceptors (Lipinski definition) is 3. The van der Waals surface area contributed by atoms with Crippen LogP contribution in [-0.4, -0.2) is 40.7 Å². The van der Waals surface area contributed by atoms with Crippen molar-refractivity contribution in [2.75, 3.05) is 25.4 Å². The van der Waals surface area contributed by atoms with Crippen LogP contribution < -0.4 is 0 Å². The molecule has 0 atom stereocenters. The molecule has 0 fully saturated rings. The number of nitrogens with zero attached hydrogens (tertiary/aromatic N) is 2. The summed E-state index contributed by atoms with van der Waals surface area (Å²) in [5, 5.41) is 16.7.